The highest BCUT2D eigenvalue weighted by atomic mass is 16.5. The smallest absolute Gasteiger partial charge is 0.320 e. The second-order valence-corrected chi connectivity index (χ2v) is 3.48. The molecule has 1 rings (SSSR count). The molecule has 1 fully saturated rings. The maximum atomic E-state index is 11.1. The fraction of sp³-hybridized carbons (Fsp3) is 0.800. The zero-order chi connectivity index (χ0) is 10.4. The third-order valence-electron chi connectivity index (χ3n) is 2.43. The van der Waals surface area contributed by atoms with Crippen LogP contribution in [0.5, 0.6) is 0 Å². The van der Waals surface area contributed by atoms with Crippen molar-refractivity contribution in [1.82, 2.24) is 4.90 Å². The molecular weight excluding hydrogens is 180 g/mol. The molecule has 14 heavy (non-hydrogen) atoms. The average Bonchev–Trinajstić information content (AvgIpc) is 2.19. The van der Waals surface area contributed by atoms with Crippen molar-refractivity contribution in [2.45, 2.75) is 19.8 Å². The number of piperidine rings is 1. The quantitative estimate of drug-likeness (QED) is 0.626. The minimum Gasteiger partial charge on any atom is -0.465 e. The van der Waals surface area contributed by atoms with Crippen molar-refractivity contribution in [2.75, 3.05) is 26.2 Å². The van der Waals surface area contributed by atoms with E-state index in [1.54, 1.807) is 6.92 Å². The maximum absolute atomic E-state index is 11.1. The molecule has 0 radical (unpaired) electrons. The number of nitriles is 1. The summed E-state index contributed by atoms with van der Waals surface area (Å²) < 4.78 is 4.85. The second kappa shape index (κ2) is 5.61. The lowest BCUT2D eigenvalue weighted by atomic mass is 9.99. The molecule has 0 bridgehead atoms. The summed E-state index contributed by atoms with van der Waals surface area (Å²) in [6, 6.07) is 2.26. The Kier molecular flexibility index (Phi) is 4.41. The number of ether oxygens (including phenoxy) is 1. The molecule has 0 aromatic rings. The Morgan fingerprint density at radius 2 is 2.21 bits per heavy atom. The van der Waals surface area contributed by atoms with Crippen LogP contribution in [0.4, 0.5) is 0 Å². The fourth-order valence-corrected chi connectivity index (χ4v) is 1.61. The van der Waals surface area contributed by atoms with Crippen LogP contribution in [-0.4, -0.2) is 37.1 Å². The molecule has 4 heteroatoms. The normalized spacial score (nSPS) is 18.9. The largest absolute Gasteiger partial charge is 0.465 e. The number of esters is 1. The van der Waals surface area contributed by atoms with Crippen molar-refractivity contribution in [3.8, 4) is 6.07 Å². The van der Waals surface area contributed by atoms with Gasteiger partial charge in [0.15, 0.2) is 0 Å². The Hall–Kier alpha value is -1.08. The molecule has 0 spiro atoms. The van der Waals surface area contributed by atoms with Crippen LogP contribution >= 0.6 is 0 Å². The van der Waals surface area contributed by atoms with E-state index in [0.717, 1.165) is 25.9 Å². The Labute approximate surface area is 84.4 Å². The zero-order valence-corrected chi connectivity index (χ0v) is 8.53. The van der Waals surface area contributed by atoms with Crippen LogP contribution in [-0.2, 0) is 9.53 Å². The summed E-state index contributed by atoms with van der Waals surface area (Å²) in [5, 5.41) is 8.68. The number of hydrogen-bond donors (Lipinski definition) is 0. The van der Waals surface area contributed by atoms with Gasteiger partial charge in [-0.3, -0.25) is 9.69 Å². The third-order valence-corrected chi connectivity index (χ3v) is 2.43. The molecule has 78 valence electrons. The van der Waals surface area contributed by atoms with Gasteiger partial charge < -0.3 is 4.74 Å². The van der Waals surface area contributed by atoms with Gasteiger partial charge in [-0.25, -0.2) is 0 Å². The van der Waals surface area contributed by atoms with Crippen LogP contribution in [0.2, 0.25) is 0 Å². The lowest BCUT2D eigenvalue weighted by molar-refractivity contribution is -0.144. The Morgan fingerprint density at radius 3 is 2.71 bits per heavy atom. The van der Waals surface area contributed by atoms with E-state index in [4.69, 9.17) is 10.00 Å². The molecule has 1 aliphatic heterocycles. The summed E-state index contributed by atoms with van der Waals surface area (Å²) in [7, 11) is 0. The van der Waals surface area contributed by atoms with E-state index in [-0.39, 0.29) is 11.9 Å². The number of likely N-dealkylation sites (tertiary alicyclic amines) is 1. The van der Waals surface area contributed by atoms with E-state index >= 15 is 0 Å². The molecule has 0 unspecified atom stereocenters. The molecule has 4 nitrogen and oxygen atoms in total. The molecule has 0 N–H and O–H groups in total. The van der Waals surface area contributed by atoms with Gasteiger partial charge in [0.05, 0.1) is 19.2 Å². The highest BCUT2D eigenvalue weighted by Crippen LogP contribution is 2.15. The predicted octanol–water partition coefficient (Wildman–Crippen LogP) is 0.785. The molecule has 1 heterocycles. The molecule has 1 saturated heterocycles. The molecule has 0 saturated carbocycles. The maximum Gasteiger partial charge on any atom is 0.320 e. The molecule has 0 aromatic heterocycles. The molecule has 1 aliphatic rings. The monoisotopic (exact) mass is 196 g/mol. The van der Waals surface area contributed by atoms with E-state index in [0.29, 0.717) is 13.2 Å². The molecule has 0 aromatic carbocycles. The van der Waals surface area contributed by atoms with Gasteiger partial charge in [-0.05, 0) is 32.9 Å². The Morgan fingerprint density at radius 1 is 1.57 bits per heavy atom. The number of carbonyl (C=O) groups is 1. The molecule has 0 aliphatic carbocycles. The molecular formula is C10H16N2O2. The number of rotatable bonds is 3. The van der Waals surface area contributed by atoms with E-state index in [1.165, 1.54) is 0 Å². The second-order valence-electron chi connectivity index (χ2n) is 3.48. The van der Waals surface area contributed by atoms with E-state index in [1.807, 2.05) is 4.90 Å². The molecule has 0 amide bonds. The first kappa shape index (κ1) is 11.0. The Balaban J connectivity index is 2.22. The van der Waals surface area contributed by atoms with E-state index in [9.17, 15) is 4.79 Å². The number of hydrogen-bond acceptors (Lipinski definition) is 4. The van der Waals surface area contributed by atoms with Gasteiger partial charge in [-0.1, -0.05) is 0 Å². The van der Waals surface area contributed by atoms with E-state index < -0.39 is 0 Å². The minimum atomic E-state index is -0.164. The van der Waals surface area contributed by atoms with E-state index in [2.05, 4.69) is 6.07 Å². The number of nitrogens with zero attached hydrogens (tertiary/aromatic N) is 2. The van der Waals surface area contributed by atoms with Crippen molar-refractivity contribution in [3.05, 3.63) is 0 Å². The van der Waals surface area contributed by atoms with Crippen LogP contribution in [0, 0.1) is 17.2 Å². The van der Waals surface area contributed by atoms with Gasteiger partial charge in [0.2, 0.25) is 0 Å². The van der Waals surface area contributed by atoms with Crippen molar-refractivity contribution in [2.24, 2.45) is 5.92 Å². The first-order valence-electron chi connectivity index (χ1n) is 5.04. The third kappa shape index (κ3) is 3.35. The molecule has 0 atom stereocenters. The number of carbonyl (C=O) groups excluding carboxylic acids is 1. The SMILES string of the molecule is CCOC(=O)CN1CCC(C#N)CC1. The zero-order valence-electron chi connectivity index (χ0n) is 8.53. The summed E-state index contributed by atoms with van der Waals surface area (Å²) in [6.45, 7) is 4.27. The summed E-state index contributed by atoms with van der Waals surface area (Å²) in [5.41, 5.74) is 0. The van der Waals surface area contributed by atoms with Crippen molar-refractivity contribution in [3.63, 3.8) is 0 Å². The van der Waals surface area contributed by atoms with Crippen LogP contribution in [0.3, 0.4) is 0 Å². The van der Waals surface area contributed by atoms with Gasteiger partial charge in [0, 0.05) is 5.92 Å². The average molecular weight is 196 g/mol. The first-order chi connectivity index (χ1) is 6.76. The highest BCUT2D eigenvalue weighted by Gasteiger charge is 2.20. The standard InChI is InChI=1S/C10H16N2O2/c1-2-14-10(13)8-12-5-3-9(7-11)4-6-12/h9H,2-6,8H2,1H3. The van der Waals surface area contributed by atoms with Crippen LogP contribution in [0.1, 0.15) is 19.8 Å². The van der Waals surface area contributed by atoms with Crippen LogP contribution in [0.25, 0.3) is 0 Å². The topological polar surface area (TPSA) is 53.3 Å². The first-order valence-corrected chi connectivity index (χ1v) is 5.04. The van der Waals surface area contributed by atoms with Gasteiger partial charge in [0.25, 0.3) is 0 Å². The minimum absolute atomic E-state index is 0.164. The van der Waals surface area contributed by atoms with Gasteiger partial charge in [-0.15, -0.1) is 0 Å². The van der Waals surface area contributed by atoms with Gasteiger partial charge >= 0.3 is 5.97 Å². The van der Waals surface area contributed by atoms with Crippen LogP contribution < -0.4 is 0 Å². The highest BCUT2D eigenvalue weighted by molar-refractivity contribution is 5.71. The summed E-state index contributed by atoms with van der Waals surface area (Å²) >= 11 is 0. The van der Waals surface area contributed by atoms with Crippen LogP contribution in [0.15, 0.2) is 0 Å². The fourth-order valence-electron chi connectivity index (χ4n) is 1.61. The van der Waals surface area contributed by atoms with Gasteiger partial charge in [0.1, 0.15) is 0 Å². The van der Waals surface area contributed by atoms with Crippen molar-refractivity contribution in [1.29, 1.82) is 5.26 Å². The lowest BCUT2D eigenvalue weighted by Gasteiger charge is -2.27. The Bertz CT molecular complexity index is 227. The summed E-state index contributed by atoms with van der Waals surface area (Å²) in [6.07, 6.45) is 1.74. The lowest BCUT2D eigenvalue weighted by Crippen LogP contribution is -2.37. The summed E-state index contributed by atoms with van der Waals surface area (Å²) in [4.78, 5) is 13.2. The van der Waals surface area contributed by atoms with Gasteiger partial charge in [-0.2, -0.15) is 5.26 Å². The van der Waals surface area contributed by atoms with Crippen molar-refractivity contribution >= 4 is 5.97 Å². The summed E-state index contributed by atoms with van der Waals surface area (Å²) in [5.74, 6) is 0.0105. The predicted molar refractivity (Wildman–Crippen MR) is 51.4 cm³/mol. The van der Waals surface area contributed by atoms with Crippen molar-refractivity contribution < 1.29 is 9.53 Å².